The van der Waals surface area contributed by atoms with E-state index >= 15 is 0 Å². The molecule has 0 aromatic carbocycles. The van der Waals surface area contributed by atoms with Crippen molar-refractivity contribution in [1.29, 1.82) is 0 Å². The molecule has 70 valence electrons. The summed E-state index contributed by atoms with van der Waals surface area (Å²) in [5.41, 5.74) is 0. The molecule has 0 bridgehead atoms. The van der Waals surface area contributed by atoms with Gasteiger partial charge in [0.1, 0.15) is 0 Å². The fourth-order valence-electron chi connectivity index (χ4n) is 2.23. The maximum Gasteiger partial charge on any atom is 0.0643 e. The van der Waals surface area contributed by atoms with Crippen LogP contribution in [0.4, 0.5) is 0 Å². The molecule has 3 atom stereocenters. The van der Waals surface area contributed by atoms with Gasteiger partial charge in [-0.05, 0) is 24.7 Å². The third kappa shape index (κ3) is 1.50. The van der Waals surface area contributed by atoms with Crippen molar-refractivity contribution in [2.75, 3.05) is 13.2 Å². The third-order valence-electron chi connectivity index (χ3n) is 3.55. The second-order valence-electron chi connectivity index (χ2n) is 4.42. The lowest BCUT2D eigenvalue weighted by molar-refractivity contribution is -0.0120. The normalized spacial score (nSPS) is 43.0. The summed E-state index contributed by atoms with van der Waals surface area (Å²) in [5, 5.41) is 3.67. The molecule has 2 fully saturated rings. The van der Waals surface area contributed by atoms with E-state index in [0.717, 1.165) is 31.1 Å². The molecule has 12 heavy (non-hydrogen) atoms. The Hall–Kier alpha value is -0.0800. The lowest BCUT2D eigenvalue weighted by Gasteiger charge is -2.32. The molecule has 3 unspecified atom stereocenters. The smallest absolute Gasteiger partial charge is 0.0643 e. The van der Waals surface area contributed by atoms with Gasteiger partial charge in [-0.1, -0.05) is 13.8 Å². The van der Waals surface area contributed by atoms with E-state index in [0.29, 0.717) is 6.04 Å². The topological polar surface area (TPSA) is 21.3 Å². The molecule has 2 aliphatic rings. The number of hydrogen-bond donors (Lipinski definition) is 1. The molecule has 1 aliphatic heterocycles. The summed E-state index contributed by atoms with van der Waals surface area (Å²) >= 11 is 0. The standard InChI is InChI=1S/C10H19NO/c1-7-3-4-10(8(7)2)11-9-5-12-6-9/h7-11H,3-6H2,1-2H3. The Morgan fingerprint density at radius 3 is 2.33 bits per heavy atom. The van der Waals surface area contributed by atoms with Gasteiger partial charge in [0.15, 0.2) is 0 Å². The van der Waals surface area contributed by atoms with Crippen molar-refractivity contribution < 1.29 is 4.74 Å². The highest BCUT2D eigenvalue weighted by molar-refractivity contribution is 4.88. The molecular weight excluding hydrogens is 150 g/mol. The first-order valence-corrected chi connectivity index (χ1v) is 5.11. The minimum atomic E-state index is 0.655. The first-order valence-electron chi connectivity index (χ1n) is 5.11. The third-order valence-corrected chi connectivity index (χ3v) is 3.55. The number of ether oxygens (including phenoxy) is 1. The van der Waals surface area contributed by atoms with Gasteiger partial charge in [0.05, 0.1) is 19.3 Å². The van der Waals surface area contributed by atoms with Crippen LogP contribution >= 0.6 is 0 Å². The van der Waals surface area contributed by atoms with Crippen LogP contribution in [0.1, 0.15) is 26.7 Å². The van der Waals surface area contributed by atoms with Crippen molar-refractivity contribution in [2.45, 2.75) is 38.8 Å². The predicted octanol–water partition coefficient (Wildman–Crippen LogP) is 1.41. The molecular formula is C10H19NO. The van der Waals surface area contributed by atoms with Crippen molar-refractivity contribution >= 4 is 0 Å². The summed E-state index contributed by atoms with van der Waals surface area (Å²) in [4.78, 5) is 0. The molecule has 2 nitrogen and oxygen atoms in total. The molecule has 2 heteroatoms. The molecule has 0 radical (unpaired) electrons. The quantitative estimate of drug-likeness (QED) is 0.675. The van der Waals surface area contributed by atoms with Crippen molar-refractivity contribution in [1.82, 2.24) is 5.32 Å². The van der Waals surface area contributed by atoms with Gasteiger partial charge < -0.3 is 10.1 Å². The molecule has 1 N–H and O–H groups in total. The lowest BCUT2D eigenvalue weighted by Crippen LogP contribution is -2.51. The zero-order valence-electron chi connectivity index (χ0n) is 8.05. The molecule has 1 saturated carbocycles. The van der Waals surface area contributed by atoms with Crippen LogP contribution in [0.25, 0.3) is 0 Å². The molecule has 0 spiro atoms. The van der Waals surface area contributed by atoms with E-state index in [2.05, 4.69) is 19.2 Å². The van der Waals surface area contributed by atoms with Crippen LogP contribution in [0.3, 0.4) is 0 Å². The van der Waals surface area contributed by atoms with E-state index in [1.165, 1.54) is 12.8 Å². The first-order chi connectivity index (χ1) is 5.77. The van der Waals surface area contributed by atoms with Gasteiger partial charge in [-0.25, -0.2) is 0 Å². The summed E-state index contributed by atoms with van der Waals surface area (Å²) in [6.45, 7) is 6.59. The second-order valence-corrected chi connectivity index (χ2v) is 4.42. The van der Waals surface area contributed by atoms with Gasteiger partial charge >= 0.3 is 0 Å². The maximum atomic E-state index is 5.14. The van der Waals surface area contributed by atoms with Gasteiger partial charge in [-0.15, -0.1) is 0 Å². The minimum absolute atomic E-state index is 0.655. The summed E-state index contributed by atoms with van der Waals surface area (Å²) in [5.74, 6) is 1.76. The zero-order valence-corrected chi connectivity index (χ0v) is 8.05. The van der Waals surface area contributed by atoms with E-state index in [1.807, 2.05) is 0 Å². The van der Waals surface area contributed by atoms with Gasteiger partial charge in [0.25, 0.3) is 0 Å². The Bertz CT molecular complexity index is 156. The van der Waals surface area contributed by atoms with Crippen molar-refractivity contribution in [2.24, 2.45) is 11.8 Å². The van der Waals surface area contributed by atoms with E-state index in [4.69, 9.17) is 4.74 Å². The fourth-order valence-corrected chi connectivity index (χ4v) is 2.23. The average molecular weight is 169 g/mol. The maximum absolute atomic E-state index is 5.14. The number of rotatable bonds is 2. The van der Waals surface area contributed by atoms with Crippen LogP contribution in [0, 0.1) is 11.8 Å². The Morgan fingerprint density at radius 2 is 1.92 bits per heavy atom. The summed E-state index contributed by atoms with van der Waals surface area (Å²) in [6, 6.07) is 1.41. The fraction of sp³-hybridized carbons (Fsp3) is 1.00. The highest BCUT2D eigenvalue weighted by atomic mass is 16.5. The predicted molar refractivity (Wildman–Crippen MR) is 49.1 cm³/mol. The Balaban J connectivity index is 1.79. The van der Waals surface area contributed by atoms with Crippen LogP contribution in [-0.2, 0) is 4.74 Å². The number of nitrogens with one attached hydrogen (secondary N) is 1. The molecule has 1 heterocycles. The molecule has 2 rings (SSSR count). The van der Waals surface area contributed by atoms with E-state index in [9.17, 15) is 0 Å². The summed E-state index contributed by atoms with van der Waals surface area (Å²) < 4.78 is 5.14. The van der Waals surface area contributed by atoms with Crippen molar-refractivity contribution in [3.8, 4) is 0 Å². The molecule has 1 saturated heterocycles. The Labute approximate surface area is 74.7 Å². The van der Waals surface area contributed by atoms with Gasteiger partial charge in [0, 0.05) is 6.04 Å². The van der Waals surface area contributed by atoms with Gasteiger partial charge in [-0.3, -0.25) is 0 Å². The van der Waals surface area contributed by atoms with Crippen LogP contribution in [0.2, 0.25) is 0 Å². The van der Waals surface area contributed by atoms with E-state index < -0.39 is 0 Å². The Morgan fingerprint density at radius 1 is 1.17 bits per heavy atom. The molecule has 0 amide bonds. The monoisotopic (exact) mass is 169 g/mol. The number of hydrogen-bond acceptors (Lipinski definition) is 2. The van der Waals surface area contributed by atoms with Crippen molar-refractivity contribution in [3.63, 3.8) is 0 Å². The zero-order chi connectivity index (χ0) is 8.55. The van der Waals surface area contributed by atoms with E-state index in [-0.39, 0.29) is 0 Å². The molecule has 0 aromatic heterocycles. The van der Waals surface area contributed by atoms with Crippen LogP contribution in [0.5, 0.6) is 0 Å². The highest BCUT2D eigenvalue weighted by Gasteiger charge is 2.32. The van der Waals surface area contributed by atoms with Crippen LogP contribution < -0.4 is 5.32 Å². The van der Waals surface area contributed by atoms with Crippen molar-refractivity contribution in [3.05, 3.63) is 0 Å². The molecule has 0 aromatic rings. The van der Waals surface area contributed by atoms with Gasteiger partial charge in [0.2, 0.25) is 0 Å². The van der Waals surface area contributed by atoms with Crippen LogP contribution in [-0.4, -0.2) is 25.3 Å². The molecule has 1 aliphatic carbocycles. The van der Waals surface area contributed by atoms with Crippen LogP contribution in [0.15, 0.2) is 0 Å². The highest BCUT2D eigenvalue weighted by Crippen LogP contribution is 2.31. The largest absolute Gasteiger partial charge is 0.378 e. The second kappa shape index (κ2) is 3.35. The SMILES string of the molecule is CC1CCC(NC2COC2)C1C. The first kappa shape index (κ1) is 8.52. The summed E-state index contributed by atoms with van der Waals surface area (Å²) in [6.07, 6.45) is 2.76. The lowest BCUT2D eigenvalue weighted by atomic mass is 9.97. The average Bonchev–Trinajstić information content (AvgIpc) is 2.27. The van der Waals surface area contributed by atoms with Gasteiger partial charge in [-0.2, -0.15) is 0 Å². The minimum Gasteiger partial charge on any atom is -0.378 e. The Kier molecular flexibility index (Phi) is 2.37. The van der Waals surface area contributed by atoms with E-state index in [1.54, 1.807) is 0 Å². The summed E-state index contributed by atoms with van der Waals surface area (Å²) in [7, 11) is 0.